The summed E-state index contributed by atoms with van der Waals surface area (Å²) >= 11 is 5.77. The van der Waals surface area contributed by atoms with Gasteiger partial charge in [-0.25, -0.2) is 0 Å². The largest absolute Gasteiger partial charge is 0.145 e. The fraction of sp³-hybridized carbons (Fsp3) is 0. The number of benzene rings is 1. The fourth-order valence-electron chi connectivity index (χ4n) is 0.721. The molecule has 0 bridgehead atoms. The lowest BCUT2D eigenvalue weighted by Gasteiger charge is -1.93. The average Bonchev–Trinajstić information content (AvgIpc) is 2.03. The minimum atomic E-state index is 0.618. The highest BCUT2D eigenvalue weighted by Gasteiger charge is 1.91. The van der Waals surface area contributed by atoms with Gasteiger partial charge in [0, 0.05) is 5.02 Å². The molecule has 0 spiro atoms. The molecule has 0 N–H and O–H groups in total. The number of nitrogens with zero attached hydrogens (tertiary/aromatic N) is 1. The average molecular weight is 168 g/mol. The molecule has 0 saturated carbocycles. The zero-order chi connectivity index (χ0) is 8.10. The molecular weight excluding hydrogens is 162 g/mol. The summed E-state index contributed by atoms with van der Waals surface area (Å²) in [7, 11) is 0. The zero-order valence-corrected chi connectivity index (χ0v) is 6.45. The Hall–Kier alpha value is -1.15. The molecular formula is C8H6ClNO. The van der Waals surface area contributed by atoms with Crippen molar-refractivity contribution in [3.8, 4) is 0 Å². The smallest absolute Gasteiger partial charge is 0.0721 e. The molecule has 0 amide bonds. The lowest BCUT2D eigenvalue weighted by molar-refractivity contribution is 1.55. The third kappa shape index (κ3) is 2.16. The molecule has 0 fully saturated rings. The van der Waals surface area contributed by atoms with Crippen LogP contribution in [0.4, 0.5) is 0 Å². The van der Waals surface area contributed by atoms with E-state index in [4.69, 9.17) is 11.6 Å². The summed E-state index contributed by atoms with van der Waals surface area (Å²) in [6, 6.07) is 7.24. The Morgan fingerprint density at radius 3 is 2.73 bits per heavy atom. The van der Waals surface area contributed by atoms with Crippen molar-refractivity contribution >= 4 is 17.7 Å². The second-order valence-electron chi connectivity index (χ2n) is 1.94. The molecule has 56 valence electrons. The van der Waals surface area contributed by atoms with Gasteiger partial charge in [-0.05, 0) is 22.9 Å². The summed E-state index contributed by atoms with van der Waals surface area (Å²) in [5.74, 6) is 0. The van der Waals surface area contributed by atoms with Crippen LogP contribution in [-0.2, 0) is 0 Å². The third-order valence-corrected chi connectivity index (χ3v) is 1.56. The Morgan fingerprint density at radius 2 is 2.09 bits per heavy atom. The van der Waals surface area contributed by atoms with Gasteiger partial charge in [0.2, 0.25) is 0 Å². The van der Waals surface area contributed by atoms with Gasteiger partial charge in [-0.1, -0.05) is 29.8 Å². The van der Waals surface area contributed by atoms with Crippen LogP contribution >= 0.6 is 11.6 Å². The molecule has 1 aromatic carbocycles. The maximum Gasteiger partial charge on any atom is 0.0721 e. The molecule has 0 aromatic heterocycles. The van der Waals surface area contributed by atoms with Crippen LogP contribution in [0.15, 0.2) is 35.6 Å². The predicted molar refractivity (Wildman–Crippen MR) is 46.3 cm³/mol. The molecule has 0 atom stereocenters. The van der Waals surface area contributed by atoms with Gasteiger partial charge >= 0.3 is 0 Å². The number of rotatable bonds is 2. The Kier molecular flexibility index (Phi) is 2.81. The van der Waals surface area contributed by atoms with Crippen LogP contribution in [0.5, 0.6) is 0 Å². The second kappa shape index (κ2) is 3.88. The quantitative estimate of drug-likeness (QED) is 0.623. The molecule has 0 aliphatic carbocycles. The van der Waals surface area contributed by atoms with Crippen LogP contribution in [0.3, 0.4) is 0 Å². The SMILES string of the molecule is O=N/C=C/c1ccccc1Cl. The van der Waals surface area contributed by atoms with Crippen molar-refractivity contribution in [1.29, 1.82) is 0 Å². The van der Waals surface area contributed by atoms with Crippen LogP contribution in [0.25, 0.3) is 6.08 Å². The first-order chi connectivity index (χ1) is 5.34. The van der Waals surface area contributed by atoms with Gasteiger partial charge in [0.25, 0.3) is 0 Å². The van der Waals surface area contributed by atoms with Gasteiger partial charge < -0.3 is 0 Å². The van der Waals surface area contributed by atoms with E-state index in [0.717, 1.165) is 5.56 Å². The zero-order valence-electron chi connectivity index (χ0n) is 5.70. The van der Waals surface area contributed by atoms with Crippen molar-refractivity contribution in [2.24, 2.45) is 5.18 Å². The van der Waals surface area contributed by atoms with Crippen molar-refractivity contribution in [1.82, 2.24) is 0 Å². The maximum absolute atomic E-state index is 9.71. The van der Waals surface area contributed by atoms with Crippen LogP contribution in [0.2, 0.25) is 5.02 Å². The molecule has 0 heterocycles. The molecule has 3 heteroatoms. The first kappa shape index (κ1) is 7.95. The van der Waals surface area contributed by atoms with Gasteiger partial charge in [-0.15, -0.1) is 4.91 Å². The second-order valence-corrected chi connectivity index (χ2v) is 2.35. The van der Waals surface area contributed by atoms with Crippen molar-refractivity contribution < 1.29 is 0 Å². The highest BCUT2D eigenvalue weighted by molar-refractivity contribution is 6.32. The standard InChI is InChI=1S/C8H6ClNO/c9-8-4-2-1-3-7(8)5-6-10-11/h1-6H/b6-5+. The minimum absolute atomic E-state index is 0.618. The molecule has 0 aliphatic heterocycles. The lowest BCUT2D eigenvalue weighted by atomic mass is 10.2. The summed E-state index contributed by atoms with van der Waals surface area (Å²) in [4.78, 5) is 9.71. The Morgan fingerprint density at radius 1 is 1.36 bits per heavy atom. The summed E-state index contributed by atoms with van der Waals surface area (Å²) in [5.41, 5.74) is 0.800. The van der Waals surface area contributed by atoms with E-state index in [1.807, 2.05) is 18.2 Å². The Labute approximate surface area is 69.5 Å². The summed E-state index contributed by atoms with van der Waals surface area (Å²) in [6.45, 7) is 0. The predicted octanol–water partition coefficient (Wildman–Crippen LogP) is 3.08. The molecule has 1 rings (SSSR count). The van der Waals surface area contributed by atoms with Gasteiger partial charge in [-0.3, -0.25) is 0 Å². The summed E-state index contributed by atoms with van der Waals surface area (Å²) in [5, 5.41) is 3.20. The van der Waals surface area contributed by atoms with E-state index in [-0.39, 0.29) is 0 Å². The number of nitroso groups, excluding NO2 is 1. The van der Waals surface area contributed by atoms with E-state index in [1.54, 1.807) is 12.1 Å². The first-order valence-electron chi connectivity index (χ1n) is 3.08. The van der Waals surface area contributed by atoms with Crippen molar-refractivity contribution in [3.05, 3.63) is 46.0 Å². The topological polar surface area (TPSA) is 29.4 Å². The van der Waals surface area contributed by atoms with Gasteiger partial charge in [-0.2, -0.15) is 0 Å². The van der Waals surface area contributed by atoms with E-state index in [1.165, 1.54) is 6.20 Å². The van der Waals surface area contributed by atoms with Gasteiger partial charge in [0.1, 0.15) is 0 Å². The fourth-order valence-corrected chi connectivity index (χ4v) is 0.920. The molecule has 0 radical (unpaired) electrons. The number of hydrogen-bond acceptors (Lipinski definition) is 2. The van der Waals surface area contributed by atoms with Gasteiger partial charge in [0.05, 0.1) is 6.20 Å². The number of halogens is 1. The minimum Gasteiger partial charge on any atom is -0.145 e. The third-order valence-electron chi connectivity index (χ3n) is 1.22. The van der Waals surface area contributed by atoms with Crippen molar-refractivity contribution in [2.45, 2.75) is 0 Å². The normalized spacial score (nSPS) is 10.3. The van der Waals surface area contributed by atoms with Crippen molar-refractivity contribution in [2.75, 3.05) is 0 Å². The van der Waals surface area contributed by atoms with Crippen LogP contribution < -0.4 is 0 Å². The highest BCUT2D eigenvalue weighted by atomic mass is 35.5. The van der Waals surface area contributed by atoms with E-state index < -0.39 is 0 Å². The van der Waals surface area contributed by atoms with Crippen LogP contribution in [0.1, 0.15) is 5.56 Å². The number of hydrogen-bond donors (Lipinski definition) is 0. The monoisotopic (exact) mass is 167 g/mol. The Bertz CT molecular complexity index is 283. The molecule has 11 heavy (non-hydrogen) atoms. The van der Waals surface area contributed by atoms with E-state index in [0.29, 0.717) is 5.02 Å². The molecule has 2 nitrogen and oxygen atoms in total. The van der Waals surface area contributed by atoms with E-state index >= 15 is 0 Å². The Balaban J connectivity index is 2.94. The molecule has 1 aromatic rings. The molecule has 0 unspecified atom stereocenters. The van der Waals surface area contributed by atoms with Crippen LogP contribution in [0, 0.1) is 4.91 Å². The first-order valence-corrected chi connectivity index (χ1v) is 3.46. The van der Waals surface area contributed by atoms with E-state index in [9.17, 15) is 4.91 Å². The van der Waals surface area contributed by atoms with Crippen molar-refractivity contribution in [3.63, 3.8) is 0 Å². The maximum atomic E-state index is 9.71. The lowest BCUT2D eigenvalue weighted by Crippen LogP contribution is -1.71. The summed E-state index contributed by atoms with van der Waals surface area (Å²) in [6.07, 6.45) is 2.73. The summed E-state index contributed by atoms with van der Waals surface area (Å²) < 4.78 is 0. The highest BCUT2D eigenvalue weighted by Crippen LogP contribution is 2.15. The van der Waals surface area contributed by atoms with Crippen LogP contribution in [-0.4, -0.2) is 0 Å². The molecule has 0 aliphatic rings. The van der Waals surface area contributed by atoms with Gasteiger partial charge in [0.15, 0.2) is 0 Å². The van der Waals surface area contributed by atoms with E-state index in [2.05, 4.69) is 5.18 Å². The molecule has 0 saturated heterocycles.